The maximum atomic E-state index is 12.2. The first-order valence-corrected chi connectivity index (χ1v) is 8.44. The van der Waals surface area contributed by atoms with Gasteiger partial charge in [0.25, 0.3) is 5.91 Å². The number of furan rings is 1. The molecule has 2 aromatic carbocycles. The van der Waals surface area contributed by atoms with E-state index in [0.29, 0.717) is 23.6 Å². The highest BCUT2D eigenvalue weighted by molar-refractivity contribution is 6.01. The molecule has 3 aromatic rings. The van der Waals surface area contributed by atoms with Crippen LogP contribution in [0, 0.1) is 11.3 Å². The summed E-state index contributed by atoms with van der Waals surface area (Å²) in [5.41, 5.74) is 1.73. The van der Waals surface area contributed by atoms with E-state index in [2.05, 4.69) is 5.32 Å². The van der Waals surface area contributed by atoms with Gasteiger partial charge in [-0.3, -0.25) is 4.79 Å². The molecule has 0 aliphatic carbocycles. The Morgan fingerprint density at radius 3 is 2.39 bits per heavy atom. The molecule has 6 nitrogen and oxygen atoms in total. The van der Waals surface area contributed by atoms with Crippen molar-refractivity contribution in [2.45, 2.75) is 6.54 Å². The first-order chi connectivity index (χ1) is 13.6. The predicted molar refractivity (Wildman–Crippen MR) is 103 cm³/mol. The Labute approximate surface area is 161 Å². The van der Waals surface area contributed by atoms with Crippen LogP contribution in [-0.4, -0.2) is 17.0 Å². The summed E-state index contributed by atoms with van der Waals surface area (Å²) in [7, 11) is 0. The van der Waals surface area contributed by atoms with Gasteiger partial charge in [0.2, 0.25) is 0 Å². The van der Waals surface area contributed by atoms with Crippen LogP contribution < -0.4 is 5.32 Å². The number of nitrogens with one attached hydrogen (secondary N) is 1. The number of nitriles is 1. The molecule has 0 saturated carbocycles. The number of amides is 1. The molecule has 3 rings (SSSR count). The van der Waals surface area contributed by atoms with E-state index in [0.717, 1.165) is 5.56 Å². The van der Waals surface area contributed by atoms with E-state index in [4.69, 9.17) is 9.52 Å². The van der Waals surface area contributed by atoms with Gasteiger partial charge < -0.3 is 14.8 Å². The molecule has 138 valence electrons. The van der Waals surface area contributed by atoms with E-state index in [-0.39, 0.29) is 11.1 Å². The normalized spacial score (nSPS) is 10.9. The lowest BCUT2D eigenvalue weighted by Crippen LogP contribution is -2.23. The lowest BCUT2D eigenvalue weighted by atomic mass is 10.1. The van der Waals surface area contributed by atoms with E-state index in [1.165, 1.54) is 18.2 Å². The van der Waals surface area contributed by atoms with E-state index in [9.17, 15) is 14.9 Å². The molecule has 0 aliphatic rings. The minimum atomic E-state index is -1.00. The molecule has 0 unspecified atom stereocenters. The fraction of sp³-hybridized carbons (Fsp3) is 0.0455. The highest BCUT2D eigenvalue weighted by Gasteiger charge is 2.11. The third kappa shape index (κ3) is 4.54. The van der Waals surface area contributed by atoms with Crippen LogP contribution in [0.3, 0.4) is 0 Å². The number of carbonyl (C=O) groups is 2. The van der Waals surface area contributed by atoms with Gasteiger partial charge in [0.15, 0.2) is 0 Å². The Kier molecular flexibility index (Phi) is 5.68. The van der Waals surface area contributed by atoms with Crippen molar-refractivity contribution < 1.29 is 19.1 Å². The van der Waals surface area contributed by atoms with Crippen LogP contribution in [0.25, 0.3) is 17.4 Å². The topological polar surface area (TPSA) is 103 Å². The van der Waals surface area contributed by atoms with Crippen LogP contribution in [-0.2, 0) is 11.3 Å². The smallest absolute Gasteiger partial charge is 0.335 e. The summed E-state index contributed by atoms with van der Waals surface area (Å²) >= 11 is 0. The maximum Gasteiger partial charge on any atom is 0.335 e. The standard InChI is InChI=1S/C22H16N2O4/c23-13-18(21(25)24-14-15-4-2-1-3-5-15)12-19-10-11-20(28-19)16-6-8-17(9-7-16)22(26)27/h1-12H,14H2,(H,24,25)(H,26,27)/b18-12+. The zero-order valence-corrected chi connectivity index (χ0v) is 14.8. The van der Waals surface area contributed by atoms with Crippen LogP contribution in [0.2, 0.25) is 0 Å². The number of benzene rings is 2. The molecular formula is C22H16N2O4. The second-order valence-corrected chi connectivity index (χ2v) is 5.92. The second-order valence-electron chi connectivity index (χ2n) is 5.92. The fourth-order valence-electron chi connectivity index (χ4n) is 2.53. The fourth-order valence-corrected chi connectivity index (χ4v) is 2.53. The SMILES string of the molecule is N#C/C(=C\c1ccc(-c2ccc(C(=O)O)cc2)o1)C(=O)NCc1ccccc1. The van der Waals surface area contributed by atoms with Gasteiger partial charge in [0.1, 0.15) is 23.2 Å². The Hall–Kier alpha value is -4.11. The summed E-state index contributed by atoms with van der Waals surface area (Å²) < 4.78 is 5.66. The lowest BCUT2D eigenvalue weighted by molar-refractivity contribution is -0.117. The third-order valence-electron chi connectivity index (χ3n) is 3.99. The quantitative estimate of drug-likeness (QED) is 0.505. The second kappa shape index (κ2) is 8.52. The van der Waals surface area contributed by atoms with Gasteiger partial charge in [-0.05, 0) is 29.8 Å². The van der Waals surface area contributed by atoms with Gasteiger partial charge >= 0.3 is 5.97 Å². The van der Waals surface area contributed by atoms with Crippen LogP contribution in [0.5, 0.6) is 0 Å². The van der Waals surface area contributed by atoms with Gasteiger partial charge in [-0.2, -0.15) is 5.26 Å². The minimum Gasteiger partial charge on any atom is -0.478 e. The summed E-state index contributed by atoms with van der Waals surface area (Å²) in [6.07, 6.45) is 1.37. The molecule has 0 aliphatic heterocycles. The molecule has 0 saturated heterocycles. The van der Waals surface area contributed by atoms with E-state index >= 15 is 0 Å². The van der Waals surface area contributed by atoms with Gasteiger partial charge in [-0.25, -0.2) is 4.79 Å². The van der Waals surface area contributed by atoms with E-state index < -0.39 is 11.9 Å². The molecule has 1 amide bonds. The number of aromatic carboxylic acids is 1. The van der Waals surface area contributed by atoms with Gasteiger partial charge in [-0.1, -0.05) is 42.5 Å². The zero-order valence-electron chi connectivity index (χ0n) is 14.8. The van der Waals surface area contributed by atoms with E-state index in [1.54, 1.807) is 24.3 Å². The summed E-state index contributed by atoms with van der Waals surface area (Å²) in [5.74, 6) is -0.640. The van der Waals surface area contributed by atoms with Gasteiger partial charge in [0, 0.05) is 18.2 Å². The average molecular weight is 372 g/mol. The Morgan fingerprint density at radius 1 is 1.04 bits per heavy atom. The van der Waals surface area contributed by atoms with Gasteiger partial charge in [0.05, 0.1) is 5.56 Å². The largest absolute Gasteiger partial charge is 0.478 e. The van der Waals surface area contributed by atoms with Crippen LogP contribution in [0.4, 0.5) is 0 Å². The van der Waals surface area contributed by atoms with Crippen molar-refractivity contribution in [3.05, 3.63) is 89.2 Å². The average Bonchev–Trinajstić information content (AvgIpc) is 3.19. The molecule has 0 spiro atoms. The number of nitrogens with zero attached hydrogens (tertiary/aromatic N) is 1. The minimum absolute atomic E-state index is 0.0712. The van der Waals surface area contributed by atoms with Crippen LogP contribution in [0.15, 0.2) is 76.7 Å². The number of hydrogen-bond acceptors (Lipinski definition) is 4. The number of carboxylic acids is 1. The maximum absolute atomic E-state index is 12.2. The molecule has 0 radical (unpaired) electrons. The van der Waals surface area contributed by atoms with Crippen molar-refractivity contribution in [2.24, 2.45) is 0 Å². The highest BCUT2D eigenvalue weighted by atomic mass is 16.4. The lowest BCUT2D eigenvalue weighted by Gasteiger charge is -2.04. The molecule has 6 heteroatoms. The number of carboxylic acid groups (broad SMARTS) is 1. The number of hydrogen-bond donors (Lipinski definition) is 2. The van der Waals surface area contributed by atoms with Crippen LogP contribution in [0.1, 0.15) is 21.7 Å². The summed E-state index contributed by atoms with van der Waals surface area (Å²) in [6.45, 7) is 0.317. The molecule has 2 N–H and O–H groups in total. The summed E-state index contributed by atoms with van der Waals surface area (Å²) in [4.78, 5) is 23.1. The number of carbonyl (C=O) groups excluding carboxylic acids is 1. The molecular weight excluding hydrogens is 356 g/mol. The Balaban J connectivity index is 1.72. The molecule has 1 aromatic heterocycles. The molecule has 0 bridgehead atoms. The molecule has 28 heavy (non-hydrogen) atoms. The van der Waals surface area contributed by atoms with Crippen molar-refractivity contribution in [1.82, 2.24) is 5.32 Å². The number of rotatable bonds is 6. The van der Waals surface area contributed by atoms with Crippen molar-refractivity contribution in [1.29, 1.82) is 5.26 Å². The summed E-state index contributed by atoms with van der Waals surface area (Å²) in [5, 5.41) is 20.9. The van der Waals surface area contributed by atoms with Crippen molar-refractivity contribution >= 4 is 18.0 Å². The Bertz CT molecular complexity index is 1060. The first-order valence-electron chi connectivity index (χ1n) is 8.44. The van der Waals surface area contributed by atoms with E-state index in [1.807, 2.05) is 36.4 Å². The molecule has 1 heterocycles. The zero-order chi connectivity index (χ0) is 19.9. The predicted octanol–water partition coefficient (Wildman–Crippen LogP) is 3.87. The molecule has 0 fully saturated rings. The monoisotopic (exact) mass is 372 g/mol. The van der Waals surface area contributed by atoms with Crippen molar-refractivity contribution in [3.63, 3.8) is 0 Å². The molecule has 0 atom stereocenters. The summed E-state index contributed by atoms with van der Waals surface area (Å²) in [6, 6.07) is 20.8. The van der Waals surface area contributed by atoms with Crippen LogP contribution >= 0.6 is 0 Å². The van der Waals surface area contributed by atoms with Gasteiger partial charge in [-0.15, -0.1) is 0 Å². The van der Waals surface area contributed by atoms with Crippen molar-refractivity contribution in [3.8, 4) is 17.4 Å². The third-order valence-corrected chi connectivity index (χ3v) is 3.99. The highest BCUT2D eigenvalue weighted by Crippen LogP contribution is 2.24. The Morgan fingerprint density at radius 2 is 1.75 bits per heavy atom. The van der Waals surface area contributed by atoms with Crippen molar-refractivity contribution in [2.75, 3.05) is 0 Å². The first kappa shape index (κ1) is 18.7.